The fourth-order valence-electron chi connectivity index (χ4n) is 2.13. The maximum Gasteiger partial charge on any atom is 0.320 e. The van der Waals surface area contributed by atoms with Crippen LogP contribution in [0.1, 0.15) is 11.1 Å². The lowest BCUT2D eigenvalue weighted by molar-refractivity contribution is -0.141. The Morgan fingerprint density at radius 1 is 1.53 bits per heavy atom. The van der Waals surface area contributed by atoms with Crippen molar-refractivity contribution in [1.82, 2.24) is 4.81 Å². The quantitative estimate of drug-likeness (QED) is 0.384. The normalized spacial score (nSPS) is 18.7. The van der Waals surface area contributed by atoms with Gasteiger partial charge in [-0.1, -0.05) is 0 Å². The Bertz CT molecular complexity index is 552. The summed E-state index contributed by atoms with van der Waals surface area (Å²) in [6, 6.07) is 1.07. The lowest BCUT2D eigenvalue weighted by Gasteiger charge is -2.34. The van der Waals surface area contributed by atoms with Gasteiger partial charge in [0.15, 0.2) is 0 Å². The molecule has 1 aliphatic heterocycles. The van der Waals surface area contributed by atoms with Crippen LogP contribution < -0.4 is 0 Å². The van der Waals surface area contributed by atoms with Crippen LogP contribution in [0.2, 0.25) is 0 Å². The van der Waals surface area contributed by atoms with E-state index in [4.69, 9.17) is 0 Å². The molecule has 0 spiro atoms. The molecule has 0 amide bonds. The Hall–Kier alpha value is -0.355. The number of aromatic hydroxyl groups is 1. The van der Waals surface area contributed by atoms with Crippen molar-refractivity contribution >= 4 is 64.8 Å². The van der Waals surface area contributed by atoms with E-state index in [2.05, 4.69) is 0 Å². The maximum atomic E-state index is 11.3. The average molecular weight is 484 g/mol. The SMILES string of the molecule is O=C[B]N1Cc2c(cc(I)c(O)c2I)C[C@H]1C(=O)O. The topological polar surface area (TPSA) is 77.8 Å². The minimum atomic E-state index is -0.957. The third-order valence-electron chi connectivity index (χ3n) is 3.08. The summed E-state index contributed by atoms with van der Waals surface area (Å²) in [7, 11) is 1.24. The predicted molar refractivity (Wildman–Crippen MR) is 86.7 cm³/mol. The third-order valence-corrected chi connectivity index (χ3v) is 5.06. The first-order valence-electron chi connectivity index (χ1n) is 5.41. The fourth-order valence-corrected chi connectivity index (χ4v) is 4.10. The summed E-state index contributed by atoms with van der Waals surface area (Å²) in [4.78, 5) is 23.4. The lowest BCUT2D eigenvalue weighted by Crippen LogP contribution is -2.48. The van der Waals surface area contributed by atoms with Gasteiger partial charge < -0.3 is 19.8 Å². The predicted octanol–water partition coefficient (Wildman–Crippen LogP) is 1.22. The van der Waals surface area contributed by atoms with Gasteiger partial charge in [-0.3, -0.25) is 4.79 Å². The first-order valence-corrected chi connectivity index (χ1v) is 7.57. The van der Waals surface area contributed by atoms with E-state index < -0.39 is 12.0 Å². The summed E-state index contributed by atoms with van der Waals surface area (Å²) in [6.45, 7) is 0.313. The van der Waals surface area contributed by atoms with E-state index >= 15 is 0 Å². The number of carboxylic acids is 1. The van der Waals surface area contributed by atoms with E-state index in [9.17, 15) is 19.8 Å². The van der Waals surface area contributed by atoms with Crippen LogP contribution in [0.25, 0.3) is 0 Å². The highest BCUT2D eigenvalue weighted by molar-refractivity contribution is 14.1. The zero-order valence-corrected chi connectivity index (χ0v) is 14.0. The van der Waals surface area contributed by atoms with Crippen molar-refractivity contribution < 1.29 is 19.8 Å². The lowest BCUT2D eigenvalue weighted by atomic mass is 9.84. The van der Waals surface area contributed by atoms with Crippen LogP contribution in [0.3, 0.4) is 0 Å². The Kier molecular flexibility index (Phi) is 4.72. The first kappa shape index (κ1) is 15.0. The number of phenolic OH excluding ortho intramolecular Hbond substituents is 1. The molecule has 0 saturated heterocycles. The largest absolute Gasteiger partial charge is 0.506 e. The van der Waals surface area contributed by atoms with Gasteiger partial charge in [0.1, 0.15) is 11.8 Å². The van der Waals surface area contributed by atoms with Gasteiger partial charge >= 0.3 is 5.97 Å². The maximum absolute atomic E-state index is 11.3. The molecule has 99 valence electrons. The Labute approximate surface area is 137 Å². The van der Waals surface area contributed by atoms with Crippen molar-refractivity contribution in [1.29, 1.82) is 0 Å². The molecule has 1 heterocycles. The smallest absolute Gasteiger partial charge is 0.320 e. The molecule has 8 heteroatoms. The van der Waals surface area contributed by atoms with Gasteiger partial charge in [0.25, 0.3) is 7.41 Å². The monoisotopic (exact) mass is 484 g/mol. The molecule has 0 aliphatic carbocycles. The second-order valence-electron chi connectivity index (χ2n) is 4.17. The van der Waals surface area contributed by atoms with Gasteiger partial charge in [-0.05, 0) is 68.8 Å². The first-order chi connectivity index (χ1) is 8.95. The average Bonchev–Trinajstić information content (AvgIpc) is 2.36. The third kappa shape index (κ3) is 2.89. The van der Waals surface area contributed by atoms with Crippen LogP contribution in [-0.4, -0.2) is 40.6 Å². The van der Waals surface area contributed by atoms with Gasteiger partial charge in [0.2, 0.25) is 0 Å². The van der Waals surface area contributed by atoms with Crippen LogP contribution in [0, 0.1) is 7.14 Å². The van der Waals surface area contributed by atoms with Gasteiger partial charge in [-0.15, -0.1) is 0 Å². The summed E-state index contributed by atoms with van der Waals surface area (Å²) in [5, 5.41) is 19.1. The second kappa shape index (κ2) is 5.96. The van der Waals surface area contributed by atoms with Crippen LogP contribution in [0.5, 0.6) is 5.75 Å². The molecule has 19 heavy (non-hydrogen) atoms. The molecule has 2 rings (SSSR count). The van der Waals surface area contributed by atoms with Gasteiger partial charge in [0, 0.05) is 6.54 Å². The number of hydrogen-bond donors (Lipinski definition) is 2. The number of aliphatic carboxylic acids is 1. The molecule has 0 unspecified atom stereocenters. The van der Waals surface area contributed by atoms with Crippen molar-refractivity contribution in [2.24, 2.45) is 0 Å². The molecule has 1 radical (unpaired) electrons. The van der Waals surface area contributed by atoms with Crippen molar-refractivity contribution in [3.05, 3.63) is 24.3 Å². The Morgan fingerprint density at radius 3 is 2.79 bits per heavy atom. The van der Waals surface area contributed by atoms with Crippen LogP contribution >= 0.6 is 45.2 Å². The van der Waals surface area contributed by atoms with E-state index in [0.717, 1.165) is 11.1 Å². The van der Waals surface area contributed by atoms with E-state index in [1.165, 1.54) is 12.2 Å². The van der Waals surface area contributed by atoms with Crippen molar-refractivity contribution in [2.45, 2.75) is 19.0 Å². The van der Waals surface area contributed by atoms with E-state index in [1.54, 1.807) is 0 Å². The number of benzene rings is 1. The van der Waals surface area contributed by atoms with E-state index in [-0.39, 0.29) is 5.75 Å². The number of hydrogen-bond acceptors (Lipinski definition) is 4. The number of carbonyl (C=O) groups is 2. The molecule has 1 aromatic carbocycles. The standard InChI is InChI=1S/C11H9BI2NO4/c13-7-1-5-2-8(11(18)19)15(12-4-16)3-6(5)9(14)10(7)17/h1,4,8,17H,2-3H2,(H,18,19)/t8-/m0/s1. The van der Waals surface area contributed by atoms with Crippen molar-refractivity contribution in [3.63, 3.8) is 0 Å². The Morgan fingerprint density at radius 2 is 2.21 bits per heavy atom. The number of fused-ring (bicyclic) bond motifs is 1. The minimum Gasteiger partial charge on any atom is -0.506 e. The number of carboxylic acid groups (broad SMARTS) is 1. The number of phenols is 1. The van der Waals surface area contributed by atoms with Gasteiger partial charge in [-0.25, -0.2) is 0 Å². The van der Waals surface area contributed by atoms with Crippen LogP contribution in [-0.2, 0) is 22.6 Å². The number of carbonyl (C=O) groups excluding carboxylic acids is 1. The second-order valence-corrected chi connectivity index (χ2v) is 6.42. The molecule has 1 aromatic rings. The molecule has 0 bridgehead atoms. The molecule has 5 nitrogen and oxygen atoms in total. The summed E-state index contributed by atoms with van der Waals surface area (Å²) in [5.74, 6) is -0.749. The number of rotatable bonds is 3. The Balaban J connectivity index is 2.47. The minimum absolute atomic E-state index is 0.208. The molecule has 0 saturated carbocycles. The molecule has 2 N–H and O–H groups in total. The van der Waals surface area contributed by atoms with Crippen LogP contribution in [0.4, 0.5) is 0 Å². The number of halogens is 2. The molecule has 1 aliphatic rings. The zero-order chi connectivity index (χ0) is 14.2. The molecular formula is C11H9BI2NO4. The van der Waals surface area contributed by atoms with Gasteiger partial charge in [-0.2, -0.15) is 0 Å². The van der Waals surface area contributed by atoms with Crippen molar-refractivity contribution in [2.75, 3.05) is 0 Å². The van der Waals surface area contributed by atoms with E-state index in [1.807, 2.05) is 51.2 Å². The molecular weight excluding hydrogens is 475 g/mol. The number of nitrogens with zero attached hydrogens (tertiary/aromatic N) is 1. The summed E-state index contributed by atoms with van der Waals surface area (Å²) >= 11 is 4.07. The van der Waals surface area contributed by atoms with Crippen LogP contribution in [0.15, 0.2) is 6.07 Å². The van der Waals surface area contributed by atoms with Crippen molar-refractivity contribution in [3.8, 4) is 5.75 Å². The fraction of sp³-hybridized carbons (Fsp3) is 0.273. The van der Waals surface area contributed by atoms with E-state index in [0.29, 0.717) is 26.3 Å². The zero-order valence-electron chi connectivity index (χ0n) is 9.64. The molecule has 0 aromatic heterocycles. The molecule has 0 fully saturated rings. The summed E-state index contributed by atoms with van der Waals surface area (Å²) < 4.78 is 1.42. The summed E-state index contributed by atoms with van der Waals surface area (Å²) in [6.07, 6.45) is 0.904. The highest BCUT2D eigenvalue weighted by Crippen LogP contribution is 2.35. The molecule has 1 atom stereocenters. The van der Waals surface area contributed by atoms with Gasteiger partial charge in [0.05, 0.1) is 13.3 Å². The highest BCUT2D eigenvalue weighted by Gasteiger charge is 2.33. The highest BCUT2D eigenvalue weighted by atomic mass is 127. The summed E-state index contributed by atoms with van der Waals surface area (Å²) in [5.41, 5.74) is 1.80.